The van der Waals surface area contributed by atoms with Gasteiger partial charge in [-0.15, -0.1) is 0 Å². The predicted octanol–water partition coefficient (Wildman–Crippen LogP) is 2.34. The molecule has 0 unspecified atom stereocenters. The summed E-state index contributed by atoms with van der Waals surface area (Å²) in [5.74, 6) is 0. The molecular formula is C15H19N2O+. The average molecular weight is 243 g/mol. The van der Waals surface area contributed by atoms with Crippen LogP contribution in [-0.4, -0.2) is 11.1 Å². The number of aromatic nitrogens is 2. The molecule has 2 heterocycles. The van der Waals surface area contributed by atoms with Crippen molar-refractivity contribution in [2.24, 2.45) is 0 Å². The molecule has 0 aliphatic heterocycles. The van der Waals surface area contributed by atoms with Crippen LogP contribution in [0.25, 0.3) is 0 Å². The summed E-state index contributed by atoms with van der Waals surface area (Å²) >= 11 is 0. The summed E-state index contributed by atoms with van der Waals surface area (Å²) in [6, 6.07) is 8.18. The van der Waals surface area contributed by atoms with Gasteiger partial charge in [-0.25, -0.2) is 4.57 Å². The molecule has 3 heteroatoms. The molecular weight excluding hydrogens is 224 g/mol. The Morgan fingerprint density at radius 3 is 2.78 bits per heavy atom. The normalized spacial score (nSPS) is 10.8. The number of rotatable bonds is 5. The molecule has 0 spiro atoms. The second-order valence-electron chi connectivity index (χ2n) is 4.61. The van der Waals surface area contributed by atoms with Crippen LogP contribution in [0.15, 0.2) is 49.1 Å². The zero-order valence-electron chi connectivity index (χ0n) is 10.9. The molecule has 2 aromatic rings. The first-order valence-corrected chi connectivity index (χ1v) is 6.22. The number of hydrogen-bond donors (Lipinski definition) is 0. The van der Waals surface area contributed by atoms with Gasteiger partial charge in [0.2, 0.25) is 0 Å². The van der Waals surface area contributed by atoms with Gasteiger partial charge in [-0.3, -0.25) is 4.98 Å². The van der Waals surface area contributed by atoms with Crippen LogP contribution in [0.5, 0.6) is 0 Å². The Morgan fingerprint density at radius 1 is 1.22 bits per heavy atom. The maximum Gasteiger partial charge on any atom is 0.175 e. The summed E-state index contributed by atoms with van der Waals surface area (Å²) in [5, 5.41) is 0. The Labute approximate surface area is 108 Å². The van der Waals surface area contributed by atoms with Gasteiger partial charge in [0.05, 0.1) is 12.7 Å². The number of nitrogens with zero attached hydrogens (tertiary/aromatic N) is 2. The Morgan fingerprint density at radius 2 is 2.06 bits per heavy atom. The summed E-state index contributed by atoms with van der Waals surface area (Å²) in [5.41, 5.74) is 2.39. The van der Waals surface area contributed by atoms with Gasteiger partial charge in [-0.2, -0.15) is 0 Å². The van der Waals surface area contributed by atoms with Crippen molar-refractivity contribution in [1.82, 2.24) is 4.98 Å². The van der Waals surface area contributed by atoms with E-state index < -0.39 is 0 Å². The third kappa shape index (κ3) is 3.93. The van der Waals surface area contributed by atoms with Gasteiger partial charge >= 0.3 is 0 Å². The summed E-state index contributed by atoms with van der Waals surface area (Å²) in [7, 11) is 0. The third-order valence-electron chi connectivity index (χ3n) is 2.59. The van der Waals surface area contributed by atoms with E-state index in [0.29, 0.717) is 6.61 Å². The van der Waals surface area contributed by atoms with E-state index in [1.165, 1.54) is 11.1 Å². The quantitative estimate of drug-likeness (QED) is 0.753. The second-order valence-corrected chi connectivity index (χ2v) is 4.61. The van der Waals surface area contributed by atoms with Crippen LogP contribution in [0, 0.1) is 0 Å². The van der Waals surface area contributed by atoms with Gasteiger partial charge in [0.15, 0.2) is 18.9 Å². The fourth-order valence-corrected chi connectivity index (χ4v) is 1.73. The van der Waals surface area contributed by atoms with Crippen LogP contribution < -0.4 is 4.57 Å². The van der Waals surface area contributed by atoms with Gasteiger partial charge in [0.1, 0.15) is 0 Å². The lowest BCUT2D eigenvalue weighted by Crippen LogP contribution is -2.34. The number of ether oxygens (including phenoxy) is 1. The minimum absolute atomic E-state index is 0.261. The Kier molecular flexibility index (Phi) is 4.42. The van der Waals surface area contributed by atoms with Gasteiger partial charge in [-0.1, -0.05) is 0 Å². The molecule has 3 nitrogen and oxygen atoms in total. The largest absolute Gasteiger partial charge is 0.374 e. The highest BCUT2D eigenvalue weighted by Crippen LogP contribution is 2.01. The predicted molar refractivity (Wildman–Crippen MR) is 69.9 cm³/mol. The highest BCUT2D eigenvalue weighted by atomic mass is 16.5. The fraction of sp³-hybridized carbons (Fsp3) is 0.333. The van der Waals surface area contributed by atoms with Crippen molar-refractivity contribution >= 4 is 0 Å². The van der Waals surface area contributed by atoms with E-state index in [-0.39, 0.29) is 6.10 Å². The van der Waals surface area contributed by atoms with E-state index in [9.17, 15) is 0 Å². The molecule has 0 atom stereocenters. The van der Waals surface area contributed by atoms with Gasteiger partial charge in [0, 0.05) is 29.6 Å². The lowest BCUT2D eigenvalue weighted by atomic mass is 10.2. The SMILES string of the molecule is CC(C)OCc1ccc[n+](Cc2cccnc2)c1. The van der Waals surface area contributed by atoms with Crippen molar-refractivity contribution in [2.45, 2.75) is 33.1 Å². The van der Waals surface area contributed by atoms with Gasteiger partial charge < -0.3 is 4.74 Å². The van der Waals surface area contributed by atoms with E-state index >= 15 is 0 Å². The van der Waals surface area contributed by atoms with E-state index in [0.717, 1.165) is 6.54 Å². The van der Waals surface area contributed by atoms with Crippen LogP contribution in [0.4, 0.5) is 0 Å². The van der Waals surface area contributed by atoms with E-state index in [4.69, 9.17) is 4.74 Å². The van der Waals surface area contributed by atoms with Crippen LogP contribution in [0.2, 0.25) is 0 Å². The first kappa shape index (κ1) is 12.7. The molecule has 0 fully saturated rings. The fourth-order valence-electron chi connectivity index (χ4n) is 1.73. The van der Waals surface area contributed by atoms with Crippen LogP contribution in [0.3, 0.4) is 0 Å². The Bertz CT molecular complexity index is 483. The molecule has 0 aliphatic carbocycles. The molecule has 94 valence electrons. The lowest BCUT2D eigenvalue weighted by Gasteiger charge is -2.06. The number of hydrogen-bond acceptors (Lipinski definition) is 2. The van der Waals surface area contributed by atoms with Crippen molar-refractivity contribution in [3.8, 4) is 0 Å². The summed E-state index contributed by atoms with van der Waals surface area (Å²) in [6.45, 7) is 5.59. The summed E-state index contributed by atoms with van der Waals surface area (Å²) in [6.07, 6.45) is 8.13. The highest BCUT2D eigenvalue weighted by Gasteiger charge is 2.05. The minimum atomic E-state index is 0.261. The Balaban J connectivity index is 2.03. The lowest BCUT2D eigenvalue weighted by molar-refractivity contribution is -0.688. The molecule has 0 aromatic carbocycles. The maximum atomic E-state index is 5.61. The average Bonchev–Trinajstić information content (AvgIpc) is 2.38. The van der Waals surface area contributed by atoms with Crippen molar-refractivity contribution in [2.75, 3.05) is 0 Å². The van der Waals surface area contributed by atoms with Crippen molar-refractivity contribution in [3.63, 3.8) is 0 Å². The van der Waals surface area contributed by atoms with E-state index in [1.54, 1.807) is 6.20 Å². The zero-order chi connectivity index (χ0) is 12.8. The molecule has 0 amide bonds. The molecule has 2 rings (SSSR count). The topological polar surface area (TPSA) is 26.0 Å². The summed E-state index contributed by atoms with van der Waals surface area (Å²) in [4.78, 5) is 4.12. The van der Waals surface area contributed by atoms with Gasteiger partial charge in [-0.05, 0) is 32.0 Å². The number of pyridine rings is 2. The van der Waals surface area contributed by atoms with Crippen LogP contribution in [0.1, 0.15) is 25.0 Å². The first-order chi connectivity index (χ1) is 8.74. The standard InChI is InChI=1S/C15H19N2O/c1-13(2)18-12-15-6-4-8-17(11-15)10-14-5-3-7-16-9-14/h3-9,11,13H,10,12H2,1-2H3/q+1. The molecule has 0 radical (unpaired) electrons. The molecule has 2 aromatic heterocycles. The molecule has 18 heavy (non-hydrogen) atoms. The minimum Gasteiger partial charge on any atom is -0.374 e. The van der Waals surface area contributed by atoms with Crippen LogP contribution >= 0.6 is 0 Å². The van der Waals surface area contributed by atoms with Crippen LogP contribution in [-0.2, 0) is 17.9 Å². The summed E-state index contributed by atoms with van der Waals surface area (Å²) < 4.78 is 7.76. The second kappa shape index (κ2) is 6.26. The van der Waals surface area contributed by atoms with E-state index in [2.05, 4.69) is 40.1 Å². The van der Waals surface area contributed by atoms with E-state index in [1.807, 2.05) is 26.1 Å². The van der Waals surface area contributed by atoms with Crippen molar-refractivity contribution in [3.05, 3.63) is 60.2 Å². The molecule has 0 aliphatic rings. The Hall–Kier alpha value is -1.74. The maximum absolute atomic E-state index is 5.61. The smallest absolute Gasteiger partial charge is 0.175 e. The van der Waals surface area contributed by atoms with Crippen molar-refractivity contribution in [1.29, 1.82) is 0 Å². The highest BCUT2D eigenvalue weighted by molar-refractivity contribution is 5.07. The third-order valence-corrected chi connectivity index (χ3v) is 2.59. The molecule has 0 saturated carbocycles. The first-order valence-electron chi connectivity index (χ1n) is 6.22. The monoisotopic (exact) mass is 243 g/mol. The molecule has 0 bridgehead atoms. The molecule has 0 saturated heterocycles. The van der Waals surface area contributed by atoms with Crippen molar-refractivity contribution < 1.29 is 9.30 Å². The van der Waals surface area contributed by atoms with Gasteiger partial charge in [0.25, 0.3) is 0 Å². The molecule has 0 N–H and O–H groups in total. The zero-order valence-corrected chi connectivity index (χ0v) is 10.9.